The van der Waals surface area contributed by atoms with Crippen molar-refractivity contribution < 1.29 is 9.53 Å². The Balaban J connectivity index is 2.04. The number of carbonyl (C=O) groups excluding carboxylic acids is 1. The summed E-state index contributed by atoms with van der Waals surface area (Å²) in [5.41, 5.74) is 0.768. The molecule has 1 aromatic rings. The van der Waals surface area contributed by atoms with E-state index in [1.54, 1.807) is 11.1 Å². The summed E-state index contributed by atoms with van der Waals surface area (Å²) < 4.78 is 5.42. The van der Waals surface area contributed by atoms with E-state index in [9.17, 15) is 4.79 Å². The smallest absolute Gasteiger partial charge is 0.410 e. The molecule has 1 aliphatic rings. The van der Waals surface area contributed by atoms with Gasteiger partial charge in [-0.2, -0.15) is 5.26 Å². The summed E-state index contributed by atoms with van der Waals surface area (Å²) >= 11 is 0. The predicted octanol–water partition coefficient (Wildman–Crippen LogP) is 2.40. The first-order valence-electron chi connectivity index (χ1n) is 7.49. The number of nitrogens with zero attached hydrogens (tertiary/aromatic N) is 4. The van der Waals surface area contributed by atoms with Crippen LogP contribution in [-0.2, 0) is 4.74 Å². The second kappa shape index (κ2) is 6.65. The van der Waals surface area contributed by atoms with Gasteiger partial charge in [0, 0.05) is 32.4 Å². The van der Waals surface area contributed by atoms with Gasteiger partial charge in [0.15, 0.2) is 5.69 Å². The average Bonchev–Trinajstić information content (AvgIpc) is 2.71. The molecule has 118 valence electrons. The van der Waals surface area contributed by atoms with Crippen LogP contribution in [0.4, 0.5) is 10.5 Å². The summed E-state index contributed by atoms with van der Waals surface area (Å²) in [4.78, 5) is 20.1. The van der Waals surface area contributed by atoms with Gasteiger partial charge in [-0.3, -0.25) is 0 Å². The van der Waals surface area contributed by atoms with E-state index < -0.39 is 5.60 Å². The average molecular weight is 302 g/mol. The number of ether oxygens (including phenoxy) is 1. The monoisotopic (exact) mass is 302 g/mol. The zero-order chi connectivity index (χ0) is 16.2. The Morgan fingerprint density at radius 1 is 1.32 bits per heavy atom. The van der Waals surface area contributed by atoms with Crippen LogP contribution in [0.2, 0.25) is 0 Å². The van der Waals surface area contributed by atoms with Crippen LogP contribution in [0.15, 0.2) is 18.3 Å². The lowest BCUT2D eigenvalue weighted by Gasteiger charge is -2.27. The second-order valence-corrected chi connectivity index (χ2v) is 6.29. The lowest BCUT2D eigenvalue weighted by Crippen LogP contribution is -2.39. The van der Waals surface area contributed by atoms with Gasteiger partial charge in [-0.1, -0.05) is 0 Å². The van der Waals surface area contributed by atoms with Crippen LogP contribution in [0.3, 0.4) is 0 Å². The summed E-state index contributed by atoms with van der Waals surface area (Å²) in [5.74, 6) is 0. The number of anilines is 1. The Hall–Kier alpha value is -2.29. The van der Waals surface area contributed by atoms with Crippen LogP contribution < -0.4 is 4.90 Å². The zero-order valence-corrected chi connectivity index (χ0v) is 13.4. The molecule has 1 aliphatic heterocycles. The SMILES string of the molecule is CC(C)(C)OC(=O)N1CCCN(c2cccnc2C#N)CC1. The first-order chi connectivity index (χ1) is 10.4. The van der Waals surface area contributed by atoms with Crippen molar-refractivity contribution in [2.75, 3.05) is 31.1 Å². The number of pyridine rings is 1. The highest BCUT2D eigenvalue weighted by atomic mass is 16.6. The van der Waals surface area contributed by atoms with Gasteiger partial charge in [-0.05, 0) is 39.3 Å². The molecule has 0 saturated carbocycles. The number of amides is 1. The molecule has 2 heterocycles. The topological polar surface area (TPSA) is 69.5 Å². The summed E-state index contributed by atoms with van der Waals surface area (Å²) in [6.07, 6.45) is 2.17. The van der Waals surface area contributed by atoms with E-state index in [1.807, 2.05) is 32.9 Å². The third-order valence-electron chi connectivity index (χ3n) is 3.38. The molecule has 0 bridgehead atoms. The molecule has 1 saturated heterocycles. The maximum atomic E-state index is 12.2. The molecule has 0 aliphatic carbocycles. The zero-order valence-electron chi connectivity index (χ0n) is 13.4. The van der Waals surface area contributed by atoms with E-state index in [4.69, 9.17) is 10.00 Å². The molecule has 1 amide bonds. The highest BCUT2D eigenvalue weighted by Crippen LogP contribution is 2.20. The van der Waals surface area contributed by atoms with Crippen molar-refractivity contribution in [1.29, 1.82) is 5.26 Å². The first kappa shape index (κ1) is 16.1. The fourth-order valence-corrected chi connectivity index (χ4v) is 2.41. The standard InChI is InChI=1S/C16H22N4O2/c1-16(2,3)22-15(21)20-9-5-8-19(10-11-20)14-6-4-7-18-13(14)12-17/h4,6-7H,5,8-11H2,1-3H3. The fourth-order valence-electron chi connectivity index (χ4n) is 2.41. The molecule has 0 radical (unpaired) electrons. The Morgan fingerprint density at radius 2 is 2.09 bits per heavy atom. The van der Waals surface area contributed by atoms with E-state index in [2.05, 4.69) is 16.0 Å². The fraction of sp³-hybridized carbons (Fsp3) is 0.562. The molecule has 6 heteroatoms. The molecular weight excluding hydrogens is 280 g/mol. The van der Waals surface area contributed by atoms with Crippen molar-refractivity contribution in [1.82, 2.24) is 9.88 Å². The Labute approximate surface area is 131 Å². The molecule has 1 fully saturated rings. The van der Waals surface area contributed by atoms with Crippen molar-refractivity contribution in [2.24, 2.45) is 0 Å². The lowest BCUT2D eigenvalue weighted by molar-refractivity contribution is 0.0263. The molecule has 0 aromatic carbocycles. The molecule has 6 nitrogen and oxygen atoms in total. The van der Waals surface area contributed by atoms with Gasteiger partial charge < -0.3 is 14.5 Å². The van der Waals surface area contributed by atoms with Crippen molar-refractivity contribution in [2.45, 2.75) is 32.8 Å². The van der Waals surface area contributed by atoms with Gasteiger partial charge in [-0.25, -0.2) is 9.78 Å². The third kappa shape index (κ3) is 4.10. The number of carbonyl (C=O) groups is 1. The van der Waals surface area contributed by atoms with Crippen molar-refractivity contribution in [3.8, 4) is 6.07 Å². The van der Waals surface area contributed by atoms with Gasteiger partial charge in [-0.15, -0.1) is 0 Å². The minimum Gasteiger partial charge on any atom is -0.444 e. The van der Waals surface area contributed by atoms with Crippen LogP contribution >= 0.6 is 0 Å². The second-order valence-electron chi connectivity index (χ2n) is 6.29. The molecule has 1 aromatic heterocycles. The highest BCUT2D eigenvalue weighted by molar-refractivity contribution is 5.68. The van der Waals surface area contributed by atoms with Gasteiger partial charge in [0.1, 0.15) is 11.7 Å². The van der Waals surface area contributed by atoms with E-state index in [0.29, 0.717) is 25.3 Å². The van der Waals surface area contributed by atoms with Crippen LogP contribution in [-0.4, -0.2) is 47.8 Å². The van der Waals surface area contributed by atoms with Crippen molar-refractivity contribution in [3.05, 3.63) is 24.0 Å². The molecule has 2 rings (SSSR count). The largest absolute Gasteiger partial charge is 0.444 e. The number of nitriles is 1. The minimum absolute atomic E-state index is 0.277. The first-order valence-corrected chi connectivity index (χ1v) is 7.49. The van der Waals surface area contributed by atoms with Crippen LogP contribution in [0, 0.1) is 11.3 Å². The summed E-state index contributed by atoms with van der Waals surface area (Å²) in [6.45, 7) is 8.29. The molecule has 0 atom stereocenters. The molecule has 22 heavy (non-hydrogen) atoms. The van der Waals surface area contributed by atoms with Gasteiger partial charge in [0.05, 0.1) is 5.69 Å². The summed E-state index contributed by atoms with van der Waals surface area (Å²) in [5, 5.41) is 9.16. The van der Waals surface area contributed by atoms with Crippen LogP contribution in [0.25, 0.3) is 0 Å². The maximum Gasteiger partial charge on any atom is 0.410 e. The summed E-state index contributed by atoms with van der Waals surface area (Å²) in [7, 11) is 0. The van der Waals surface area contributed by atoms with Crippen molar-refractivity contribution >= 4 is 11.8 Å². The van der Waals surface area contributed by atoms with Crippen molar-refractivity contribution in [3.63, 3.8) is 0 Å². The quantitative estimate of drug-likeness (QED) is 0.796. The van der Waals surface area contributed by atoms with Gasteiger partial charge in [0.2, 0.25) is 0 Å². The normalized spacial score (nSPS) is 15.9. The Kier molecular flexibility index (Phi) is 4.86. The number of aromatic nitrogens is 1. The lowest BCUT2D eigenvalue weighted by atomic mass is 10.2. The number of hydrogen-bond acceptors (Lipinski definition) is 5. The molecule has 0 spiro atoms. The van der Waals surface area contributed by atoms with E-state index >= 15 is 0 Å². The van der Waals surface area contributed by atoms with Crippen LogP contribution in [0.5, 0.6) is 0 Å². The highest BCUT2D eigenvalue weighted by Gasteiger charge is 2.25. The Morgan fingerprint density at radius 3 is 2.77 bits per heavy atom. The summed E-state index contributed by atoms with van der Waals surface area (Å²) in [6, 6.07) is 5.84. The number of rotatable bonds is 1. The minimum atomic E-state index is -0.486. The molecular formula is C16H22N4O2. The molecule has 0 unspecified atom stereocenters. The third-order valence-corrected chi connectivity index (χ3v) is 3.38. The molecule has 0 N–H and O–H groups in total. The maximum absolute atomic E-state index is 12.2. The van der Waals surface area contributed by atoms with Gasteiger partial charge in [0.25, 0.3) is 0 Å². The van der Waals surface area contributed by atoms with E-state index in [0.717, 1.165) is 18.7 Å². The predicted molar refractivity (Wildman–Crippen MR) is 83.6 cm³/mol. The van der Waals surface area contributed by atoms with Crippen LogP contribution in [0.1, 0.15) is 32.9 Å². The number of hydrogen-bond donors (Lipinski definition) is 0. The van der Waals surface area contributed by atoms with Gasteiger partial charge >= 0.3 is 6.09 Å². The van der Waals surface area contributed by atoms with E-state index in [1.165, 1.54) is 0 Å². The Bertz CT molecular complexity index is 574. The van der Waals surface area contributed by atoms with E-state index in [-0.39, 0.29) is 6.09 Å².